The Bertz CT molecular complexity index is 980. The molecular formula is C23H24N2O5. The predicted molar refractivity (Wildman–Crippen MR) is 109 cm³/mol. The minimum absolute atomic E-state index is 0.0772. The first-order valence-electron chi connectivity index (χ1n) is 9.75. The van der Waals surface area contributed by atoms with Crippen molar-refractivity contribution in [1.29, 1.82) is 0 Å². The largest absolute Gasteiger partial charge is 0.872 e. The summed E-state index contributed by atoms with van der Waals surface area (Å²) >= 11 is 0. The second-order valence-electron chi connectivity index (χ2n) is 7.46. The lowest BCUT2D eigenvalue weighted by Gasteiger charge is -2.27. The molecule has 1 heterocycles. The fourth-order valence-electron chi connectivity index (χ4n) is 3.59. The molecule has 0 spiro atoms. The van der Waals surface area contributed by atoms with Gasteiger partial charge in [0.15, 0.2) is 0 Å². The lowest BCUT2D eigenvalue weighted by atomic mass is 9.95. The summed E-state index contributed by atoms with van der Waals surface area (Å²) < 4.78 is 0. The van der Waals surface area contributed by atoms with Crippen LogP contribution in [0.2, 0.25) is 0 Å². The first kappa shape index (κ1) is 21.3. The van der Waals surface area contributed by atoms with E-state index >= 15 is 0 Å². The quantitative estimate of drug-likeness (QED) is 0.396. The van der Waals surface area contributed by atoms with E-state index < -0.39 is 29.5 Å². The molecule has 156 valence electrons. The van der Waals surface area contributed by atoms with Gasteiger partial charge in [0.2, 0.25) is 5.78 Å². The number of ketones is 1. The zero-order valence-corrected chi connectivity index (χ0v) is 16.9. The highest BCUT2D eigenvalue weighted by Gasteiger charge is 2.43. The Morgan fingerprint density at radius 1 is 1.07 bits per heavy atom. The maximum atomic E-state index is 13.2. The lowest BCUT2D eigenvalue weighted by molar-refractivity contribution is -0.786. The molecule has 0 bridgehead atoms. The van der Waals surface area contributed by atoms with Gasteiger partial charge in [-0.3, -0.25) is 14.4 Å². The number of carboxylic acid groups (broad SMARTS) is 1. The van der Waals surface area contributed by atoms with Crippen molar-refractivity contribution < 1.29 is 29.5 Å². The van der Waals surface area contributed by atoms with E-state index in [-0.39, 0.29) is 25.0 Å². The number of carbonyl (C=O) groups excluding carboxylic acids is 2. The lowest BCUT2D eigenvalue weighted by Crippen LogP contribution is -3.00. The molecule has 0 aliphatic carbocycles. The fourth-order valence-corrected chi connectivity index (χ4v) is 3.59. The summed E-state index contributed by atoms with van der Waals surface area (Å²) in [5.41, 5.74) is 1.91. The van der Waals surface area contributed by atoms with Crippen molar-refractivity contribution in [3.63, 3.8) is 0 Å². The summed E-state index contributed by atoms with van der Waals surface area (Å²) in [6, 6.07) is 14.9. The number of aliphatic carboxylic acids is 1. The van der Waals surface area contributed by atoms with E-state index in [0.717, 1.165) is 10.6 Å². The van der Waals surface area contributed by atoms with Gasteiger partial charge in [-0.05, 0) is 29.7 Å². The summed E-state index contributed by atoms with van der Waals surface area (Å²) in [7, 11) is 3.96. The molecule has 0 saturated carbocycles. The Morgan fingerprint density at radius 2 is 1.70 bits per heavy atom. The van der Waals surface area contributed by atoms with Crippen LogP contribution in [0.5, 0.6) is 0 Å². The number of hydrogen-bond donors (Lipinski definition) is 2. The minimum Gasteiger partial charge on any atom is -0.872 e. The molecule has 7 heteroatoms. The van der Waals surface area contributed by atoms with Crippen molar-refractivity contribution in [2.75, 3.05) is 20.6 Å². The van der Waals surface area contributed by atoms with Gasteiger partial charge in [0.25, 0.3) is 5.91 Å². The molecule has 1 atom stereocenters. The number of benzene rings is 2. The molecule has 0 aromatic heterocycles. The molecule has 7 nitrogen and oxygen atoms in total. The molecule has 3 rings (SSSR count). The summed E-state index contributed by atoms with van der Waals surface area (Å²) in [5.74, 6) is -3.06. The van der Waals surface area contributed by atoms with Crippen LogP contribution in [0, 0.1) is 0 Å². The number of nitrogens with zero attached hydrogens (tertiary/aromatic N) is 1. The summed E-state index contributed by atoms with van der Waals surface area (Å²) in [4.78, 5) is 38.9. The second-order valence-corrected chi connectivity index (χ2v) is 7.46. The fraction of sp³-hybridized carbons (Fsp3) is 0.261. The molecule has 1 amide bonds. The predicted octanol–water partition coefficient (Wildman–Crippen LogP) is 0.551. The van der Waals surface area contributed by atoms with E-state index in [2.05, 4.69) is 0 Å². The van der Waals surface area contributed by atoms with E-state index in [4.69, 9.17) is 5.11 Å². The number of Topliss-reactive ketones (excluding diaryl/α,β-unsaturated/α-hetero) is 1. The molecule has 2 aromatic rings. The van der Waals surface area contributed by atoms with Gasteiger partial charge in [0.05, 0.1) is 20.1 Å². The Hall–Kier alpha value is -3.45. The van der Waals surface area contributed by atoms with Crippen molar-refractivity contribution in [2.24, 2.45) is 0 Å². The second kappa shape index (κ2) is 8.92. The Balaban J connectivity index is 2.08. The molecule has 1 aliphatic heterocycles. The number of nitrogens with one attached hydrogen (secondary N) is 1. The van der Waals surface area contributed by atoms with Crippen molar-refractivity contribution in [3.8, 4) is 0 Å². The number of rotatable bonds is 7. The van der Waals surface area contributed by atoms with E-state index in [9.17, 15) is 19.5 Å². The van der Waals surface area contributed by atoms with Crippen molar-refractivity contribution in [3.05, 3.63) is 71.3 Å². The maximum Gasteiger partial charge on any atom is 0.303 e. The molecular weight excluding hydrogens is 384 g/mol. The van der Waals surface area contributed by atoms with Gasteiger partial charge in [0.1, 0.15) is 5.69 Å². The van der Waals surface area contributed by atoms with Gasteiger partial charge in [0, 0.05) is 18.5 Å². The maximum absolute atomic E-state index is 13.2. The van der Waals surface area contributed by atoms with Gasteiger partial charge >= 0.3 is 5.97 Å². The SMILES string of the molecule is C[NH+](C)c1ccc(C2/C(=C(\[O-])c3ccccc3)C(=O)C(=O)N2CCCC(=O)O)cc1. The third-order valence-corrected chi connectivity index (χ3v) is 5.16. The van der Waals surface area contributed by atoms with Crippen LogP contribution < -0.4 is 10.0 Å². The average Bonchev–Trinajstić information content (AvgIpc) is 2.98. The van der Waals surface area contributed by atoms with E-state index in [1.54, 1.807) is 42.5 Å². The van der Waals surface area contributed by atoms with Crippen LogP contribution in [0.15, 0.2) is 60.2 Å². The van der Waals surface area contributed by atoms with Crippen LogP contribution in [0.1, 0.15) is 30.0 Å². The van der Waals surface area contributed by atoms with Crippen LogP contribution in [0.4, 0.5) is 5.69 Å². The zero-order valence-electron chi connectivity index (χ0n) is 16.9. The van der Waals surface area contributed by atoms with Crippen LogP contribution in [0.3, 0.4) is 0 Å². The van der Waals surface area contributed by atoms with Crippen LogP contribution in [-0.4, -0.2) is 48.3 Å². The van der Waals surface area contributed by atoms with Crippen molar-refractivity contribution in [1.82, 2.24) is 4.90 Å². The normalized spacial score (nSPS) is 18.2. The molecule has 1 saturated heterocycles. The van der Waals surface area contributed by atoms with Gasteiger partial charge in [-0.1, -0.05) is 48.2 Å². The van der Waals surface area contributed by atoms with Crippen LogP contribution >= 0.6 is 0 Å². The minimum atomic E-state index is -0.979. The summed E-state index contributed by atoms with van der Waals surface area (Å²) in [6.45, 7) is 0.0772. The zero-order chi connectivity index (χ0) is 21.8. The molecule has 0 radical (unpaired) electrons. The van der Waals surface area contributed by atoms with Gasteiger partial charge in [-0.15, -0.1) is 0 Å². The number of carboxylic acids is 1. The summed E-state index contributed by atoms with van der Waals surface area (Å²) in [6.07, 6.45) is 0.0627. The molecule has 1 unspecified atom stereocenters. The number of quaternary nitrogens is 1. The molecule has 2 N–H and O–H groups in total. The number of hydrogen-bond acceptors (Lipinski definition) is 4. The molecule has 30 heavy (non-hydrogen) atoms. The van der Waals surface area contributed by atoms with E-state index in [0.29, 0.717) is 11.1 Å². The Kier molecular flexibility index (Phi) is 6.32. The first-order chi connectivity index (χ1) is 14.3. The number of likely N-dealkylation sites (tertiary alicyclic amines) is 1. The standard InChI is InChI=1S/C23H24N2O5/c1-24(2)17-12-10-15(11-13-17)20-19(21(28)16-7-4-3-5-8-16)22(29)23(30)25(20)14-6-9-18(26)27/h3-5,7-8,10-13,20,28H,6,9,14H2,1-2H3,(H,26,27)/b21-19+. The first-order valence-corrected chi connectivity index (χ1v) is 9.75. The smallest absolute Gasteiger partial charge is 0.303 e. The third-order valence-electron chi connectivity index (χ3n) is 5.16. The highest BCUT2D eigenvalue weighted by molar-refractivity contribution is 6.46. The van der Waals surface area contributed by atoms with Gasteiger partial charge in [-0.25, -0.2) is 0 Å². The highest BCUT2D eigenvalue weighted by atomic mass is 16.4. The van der Waals surface area contributed by atoms with Crippen molar-refractivity contribution in [2.45, 2.75) is 18.9 Å². The van der Waals surface area contributed by atoms with Crippen LogP contribution in [-0.2, 0) is 14.4 Å². The monoisotopic (exact) mass is 408 g/mol. The molecule has 1 fully saturated rings. The molecule has 1 aliphatic rings. The van der Waals surface area contributed by atoms with Crippen LogP contribution in [0.25, 0.3) is 5.76 Å². The Morgan fingerprint density at radius 3 is 2.27 bits per heavy atom. The third kappa shape index (κ3) is 4.26. The van der Waals surface area contributed by atoms with Gasteiger partial charge < -0.3 is 20.0 Å². The average molecular weight is 408 g/mol. The Labute approximate surface area is 174 Å². The van der Waals surface area contributed by atoms with Gasteiger partial charge in [-0.2, -0.15) is 0 Å². The van der Waals surface area contributed by atoms with E-state index in [1.807, 2.05) is 26.2 Å². The van der Waals surface area contributed by atoms with Crippen molar-refractivity contribution >= 4 is 29.1 Å². The topological polar surface area (TPSA) is 102 Å². The molecule has 2 aromatic carbocycles. The number of carbonyl (C=O) groups is 3. The highest BCUT2D eigenvalue weighted by Crippen LogP contribution is 2.38. The summed E-state index contributed by atoms with van der Waals surface area (Å²) in [5, 5.41) is 22.1. The van der Waals surface area contributed by atoms with E-state index in [1.165, 1.54) is 4.90 Å². The number of amides is 1.